The van der Waals surface area contributed by atoms with Crippen molar-refractivity contribution in [2.24, 2.45) is 5.73 Å². The number of aliphatic carboxylic acids is 1. The molecule has 0 spiro atoms. The van der Waals surface area contributed by atoms with Crippen LogP contribution >= 0.6 is 7.82 Å². The van der Waals surface area contributed by atoms with Crippen molar-refractivity contribution in [2.45, 2.75) is 206 Å². The van der Waals surface area contributed by atoms with Crippen molar-refractivity contribution in [3.05, 3.63) is 97.2 Å². The van der Waals surface area contributed by atoms with E-state index in [-0.39, 0.29) is 13.0 Å². The molecule has 0 bridgehead atoms. The normalized spacial score (nSPS) is 14.5. The van der Waals surface area contributed by atoms with Crippen LogP contribution in [0.4, 0.5) is 0 Å². The van der Waals surface area contributed by atoms with E-state index in [0.29, 0.717) is 13.0 Å². The molecule has 0 amide bonds. The number of hydrogen-bond donors (Lipinski definition) is 3. The summed E-state index contributed by atoms with van der Waals surface area (Å²) in [4.78, 5) is 33.7. The van der Waals surface area contributed by atoms with Gasteiger partial charge in [-0.15, -0.1) is 0 Å². The van der Waals surface area contributed by atoms with E-state index in [0.717, 1.165) is 77.0 Å². The number of allylic oxidation sites excluding steroid dienone is 16. The molecule has 372 valence electrons. The Balaban J connectivity index is 4.26. The first kappa shape index (κ1) is 61.9. The third kappa shape index (κ3) is 48.6. The molecule has 0 rings (SSSR count). The highest BCUT2D eigenvalue weighted by atomic mass is 31.2. The smallest absolute Gasteiger partial charge is 0.472 e. The SMILES string of the molecule is CC/C=C\C/C=C\C/C=C\C/C=C\C/C=C\C/C=C\CCCCC(=O)OC(COCCCCCCCCCCCC/C=C\C/C=C\CCCCCCC)COP(=O)(O)OCC(N)C(=O)O. The third-order valence-electron chi connectivity index (χ3n) is 10.3. The number of nitrogens with two attached hydrogens (primary N) is 1. The summed E-state index contributed by atoms with van der Waals surface area (Å²) in [6.07, 6.45) is 64.7. The zero-order valence-corrected chi connectivity index (χ0v) is 41.7. The van der Waals surface area contributed by atoms with Crippen LogP contribution in [0.3, 0.4) is 0 Å². The Hall–Kier alpha value is -3.11. The quantitative estimate of drug-likeness (QED) is 0.0232. The molecule has 0 aromatic carbocycles. The minimum Gasteiger partial charge on any atom is -0.480 e. The molecule has 0 fully saturated rings. The fourth-order valence-corrected chi connectivity index (χ4v) is 7.24. The molecule has 10 nitrogen and oxygen atoms in total. The van der Waals surface area contributed by atoms with Crippen LogP contribution in [0.5, 0.6) is 0 Å². The average Bonchev–Trinajstić information content (AvgIpc) is 3.29. The largest absolute Gasteiger partial charge is 0.480 e. The number of esters is 1. The van der Waals surface area contributed by atoms with Crippen molar-refractivity contribution < 1.29 is 42.7 Å². The molecule has 0 aromatic heterocycles. The first-order valence-corrected chi connectivity index (χ1v) is 26.8. The van der Waals surface area contributed by atoms with Crippen molar-refractivity contribution in [2.75, 3.05) is 26.4 Å². The number of ether oxygens (including phenoxy) is 2. The zero-order chi connectivity index (χ0) is 47.6. The number of unbranched alkanes of at least 4 members (excludes halogenated alkanes) is 17. The van der Waals surface area contributed by atoms with Crippen LogP contribution in [0.2, 0.25) is 0 Å². The number of phosphoric acid groups is 1. The van der Waals surface area contributed by atoms with Gasteiger partial charge in [0.15, 0.2) is 0 Å². The lowest BCUT2D eigenvalue weighted by Crippen LogP contribution is -2.34. The van der Waals surface area contributed by atoms with E-state index in [9.17, 15) is 19.0 Å². The van der Waals surface area contributed by atoms with E-state index in [1.54, 1.807) is 0 Å². The lowest BCUT2D eigenvalue weighted by Gasteiger charge is -2.20. The maximum atomic E-state index is 12.7. The van der Waals surface area contributed by atoms with Crippen LogP contribution in [-0.4, -0.2) is 60.5 Å². The average molecular weight is 930 g/mol. The Morgan fingerprint density at radius 3 is 1.34 bits per heavy atom. The van der Waals surface area contributed by atoms with Gasteiger partial charge in [-0.1, -0.05) is 188 Å². The molecule has 3 atom stereocenters. The highest BCUT2D eigenvalue weighted by Gasteiger charge is 2.27. The van der Waals surface area contributed by atoms with E-state index in [1.807, 2.05) is 0 Å². The lowest BCUT2D eigenvalue weighted by molar-refractivity contribution is -0.154. The summed E-state index contributed by atoms with van der Waals surface area (Å²) < 4.78 is 33.4. The van der Waals surface area contributed by atoms with Crippen molar-refractivity contribution in [1.82, 2.24) is 0 Å². The van der Waals surface area contributed by atoms with Crippen molar-refractivity contribution >= 4 is 19.8 Å². The third-order valence-corrected chi connectivity index (χ3v) is 11.3. The number of phosphoric ester groups is 1. The van der Waals surface area contributed by atoms with E-state index in [1.165, 1.54) is 89.9 Å². The van der Waals surface area contributed by atoms with Gasteiger partial charge in [-0.2, -0.15) is 0 Å². The molecule has 0 saturated heterocycles. The molecular weight excluding hydrogens is 838 g/mol. The standard InChI is InChI=1S/C54H92NO9P/c1-3-5-7-9-11-13-15-17-19-21-23-25-27-29-31-33-35-37-39-41-43-45-47-61-48-51(49-62-65(59,60)63-50-52(55)54(57)58)64-53(56)46-44-42-40-38-36-34-32-30-28-26-24-22-20-18-16-14-12-10-8-6-4-2/h6,8,12,14-15,17-18,20-21,23-24,26,30,32,36,38,51-52H,3-5,7,9-11,13,16,19,22,25,27-29,31,33-35,37,39-50,55H2,1-2H3,(H,57,58)(H,59,60)/b8-6-,14-12-,17-15-,20-18-,23-21-,26-24-,32-30-,38-36-. The second-order valence-corrected chi connectivity index (χ2v) is 18.0. The van der Waals surface area contributed by atoms with Gasteiger partial charge in [0, 0.05) is 13.0 Å². The van der Waals surface area contributed by atoms with Gasteiger partial charge in [0.2, 0.25) is 0 Å². The summed E-state index contributed by atoms with van der Waals surface area (Å²) >= 11 is 0. The fraction of sp³-hybridized carbons (Fsp3) is 0.667. The Kier molecular flexibility index (Phi) is 46.5. The number of rotatable bonds is 47. The van der Waals surface area contributed by atoms with E-state index >= 15 is 0 Å². The van der Waals surface area contributed by atoms with Crippen LogP contribution in [0.25, 0.3) is 0 Å². The van der Waals surface area contributed by atoms with Gasteiger partial charge in [-0.25, -0.2) is 4.57 Å². The summed E-state index contributed by atoms with van der Waals surface area (Å²) in [6, 6.07) is -1.49. The second-order valence-electron chi connectivity index (χ2n) is 16.6. The van der Waals surface area contributed by atoms with Crippen molar-refractivity contribution in [1.29, 1.82) is 0 Å². The van der Waals surface area contributed by atoms with Crippen LogP contribution < -0.4 is 5.73 Å². The summed E-state index contributed by atoms with van der Waals surface area (Å²) in [6.45, 7) is 3.69. The summed E-state index contributed by atoms with van der Waals surface area (Å²) in [7, 11) is -4.64. The number of hydrogen-bond acceptors (Lipinski definition) is 8. The first-order chi connectivity index (χ1) is 31.7. The van der Waals surface area contributed by atoms with E-state index in [4.69, 9.17) is 29.4 Å². The van der Waals surface area contributed by atoms with Crippen molar-refractivity contribution in [3.63, 3.8) is 0 Å². The van der Waals surface area contributed by atoms with Gasteiger partial charge in [0.05, 0.1) is 19.8 Å². The van der Waals surface area contributed by atoms with Gasteiger partial charge in [0.25, 0.3) is 0 Å². The molecule has 65 heavy (non-hydrogen) atoms. The second kappa shape index (κ2) is 48.8. The fourth-order valence-electron chi connectivity index (χ4n) is 6.46. The molecule has 4 N–H and O–H groups in total. The molecule has 0 radical (unpaired) electrons. The first-order valence-electron chi connectivity index (χ1n) is 25.3. The van der Waals surface area contributed by atoms with Gasteiger partial charge < -0.3 is 25.2 Å². The van der Waals surface area contributed by atoms with E-state index in [2.05, 4.69) is 111 Å². The predicted octanol–water partition coefficient (Wildman–Crippen LogP) is 14.9. The zero-order valence-electron chi connectivity index (χ0n) is 40.8. The Labute approximate surface area is 396 Å². The van der Waals surface area contributed by atoms with Gasteiger partial charge >= 0.3 is 19.8 Å². The number of carbonyl (C=O) groups excluding carboxylic acids is 1. The molecule has 0 saturated carbocycles. The maximum absolute atomic E-state index is 12.7. The summed E-state index contributed by atoms with van der Waals surface area (Å²) in [5.41, 5.74) is 5.37. The van der Waals surface area contributed by atoms with Crippen LogP contribution in [-0.2, 0) is 32.7 Å². The highest BCUT2D eigenvalue weighted by molar-refractivity contribution is 7.47. The predicted molar refractivity (Wildman–Crippen MR) is 272 cm³/mol. The van der Waals surface area contributed by atoms with Crippen molar-refractivity contribution in [3.8, 4) is 0 Å². The highest BCUT2D eigenvalue weighted by Crippen LogP contribution is 2.43. The maximum Gasteiger partial charge on any atom is 0.472 e. The van der Waals surface area contributed by atoms with Gasteiger partial charge in [-0.3, -0.25) is 18.6 Å². The summed E-state index contributed by atoms with van der Waals surface area (Å²) in [5.74, 6) is -1.83. The minimum absolute atomic E-state index is 0.00892. The number of carbonyl (C=O) groups is 2. The summed E-state index contributed by atoms with van der Waals surface area (Å²) in [5, 5.41) is 8.93. The molecular formula is C54H92NO9P. The number of carboxylic acid groups (broad SMARTS) is 1. The minimum atomic E-state index is -4.64. The molecule has 0 aliphatic heterocycles. The topological polar surface area (TPSA) is 155 Å². The molecule has 0 aliphatic carbocycles. The van der Waals surface area contributed by atoms with Crippen LogP contribution in [0, 0.1) is 0 Å². The van der Waals surface area contributed by atoms with Crippen LogP contribution in [0.1, 0.15) is 194 Å². The molecule has 0 heterocycles. The molecule has 3 unspecified atom stereocenters. The number of carboxylic acids is 1. The Bertz CT molecular complexity index is 1400. The monoisotopic (exact) mass is 930 g/mol. The molecule has 0 aromatic rings. The molecule has 11 heteroatoms. The Morgan fingerprint density at radius 1 is 0.508 bits per heavy atom. The van der Waals surface area contributed by atoms with Crippen LogP contribution in [0.15, 0.2) is 97.2 Å². The van der Waals surface area contributed by atoms with E-state index < -0.39 is 45.1 Å². The lowest BCUT2D eigenvalue weighted by atomic mass is 10.1. The Morgan fingerprint density at radius 2 is 0.892 bits per heavy atom. The van der Waals surface area contributed by atoms with Gasteiger partial charge in [-0.05, 0) is 96.3 Å². The van der Waals surface area contributed by atoms with Gasteiger partial charge in [0.1, 0.15) is 12.1 Å². The molecule has 0 aliphatic rings.